The van der Waals surface area contributed by atoms with Gasteiger partial charge in [0, 0.05) is 50.1 Å². The van der Waals surface area contributed by atoms with Gasteiger partial charge in [0.2, 0.25) is 0 Å². The lowest BCUT2D eigenvalue weighted by Gasteiger charge is -2.42. The maximum atomic E-state index is 5.56. The Balaban J connectivity index is 1.66. The average Bonchev–Trinajstić information content (AvgIpc) is 3.19. The summed E-state index contributed by atoms with van der Waals surface area (Å²) in [6.07, 6.45) is 8.35. The molecule has 1 aromatic heterocycles. The lowest BCUT2D eigenvalue weighted by Crippen LogP contribution is -2.51. The van der Waals surface area contributed by atoms with Gasteiger partial charge in [-0.25, -0.2) is 4.99 Å². The van der Waals surface area contributed by atoms with E-state index in [0.717, 1.165) is 81.8 Å². The summed E-state index contributed by atoms with van der Waals surface area (Å²) in [6.45, 7) is 13.8. The van der Waals surface area contributed by atoms with E-state index in [1.807, 2.05) is 0 Å². The summed E-state index contributed by atoms with van der Waals surface area (Å²) < 4.78 is 11.1. The highest BCUT2D eigenvalue weighted by molar-refractivity contribution is 5.79. The van der Waals surface area contributed by atoms with Crippen LogP contribution in [0.4, 0.5) is 0 Å². The zero-order chi connectivity index (χ0) is 21.2. The third-order valence-corrected chi connectivity index (χ3v) is 6.55. The van der Waals surface area contributed by atoms with Crippen LogP contribution in [0.1, 0.15) is 69.9 Å². The van der Waals surface area contributed by atoms with E-state index in [1.165, 1.54) is 32.1 Å². The number of hydrogen-bond donors (Lipinski definition) is 2. The van der Waals surface area contributed by atoms with Gasteiger partial charge in [-0.05, 0) is 26.2 Å². The number of rotatable bonds is 9. The molecule has 0 spiro atoms. The number of aromatic nitrogens is 1. The van der Waals surface area contributed by atoms with Gasteiger partial charge in [0.25, 0.3) is 0 Å². The number of aryl methyl sites for hydroxylation is 2. The summed E-state index contributed by atoms with van der Waals surface area (Å²) in [5, 5.41) is 11.3. The summed E-state index contributed by atoms with van der Waals surface area (Å²) in [4.78, 5) is 7.49. The van der Waals surface area contributed by atoms with Crippen LogP contribution in [0.15, 0.2) is 9.52 Å². The molecule has 0 aromatic carbocycles. The van der Waals surface area contributed by atoms with Crippen LogP contribution in [0.5, 0.6) is 0 Å². The molecule has 3 rings (SSSR count). The van der Waals surface area contributed by atoms with Crippen molar-refractivity contribution in [2.45, 2.75) is 72.3 Å². The Morgan fingerprint density at radius 2 is 1.83 bits per heavy atom. The van der Waals surface area contributed by atoms with Crippen molar-refractivity contribution >= 4 is 5.96 Å². The highest BCUT2D eigenvalue weighted by atomic mass is 16.5. The van der Waals surface area contributed by atoms with E-state index in [0.29, 0.717) is 12.0 Å². The molecular formula is C23H41N5O2. The van der Waals surface area contributed by atoms with Gasteiger partial charge >= 0.3 is 0 Å². The minimum atomic E-state index is 0.326. The largest absolute Gasteiger partial charge is 0.379 e. The van der Waals surface area contributed by atoms with Gasteiger partial charge in [-0.1, -0.05) is 38.3 Å². The topological polar surface area (TPSA) is 74.9 Å². The van der Waals surface area contributed by atoms with Crippen molar-refractivity contribution in [1.29, 1.82) is 0 Å². The van der Waals surface area contributed by atoms with Crippen molar-refractivity contribution in [3.8, 4) is 0 Å². The van der Waals surface area contributed by atoms with Gasteiger partial charge in [-0.3, -0.25) is 4.90 Å². The molecule has 0 radical (unpaired) electrons. The fourth-order valence-corrected chi connectivity index (χ4v) is 4.81. The smallest absolute Gasteiger partial charge is 0.191 e. The number of aliphatic imine (C=N–C) groups is 1. The van der Waals surface area contributed by atoms with Crippen molar-refractivity contribution in [2.24, 2.45) is 10.4 Å². The summed E-state index contributed by atoms with van der Waals surface area (Å²) in [5.41, 5.74) is 2.51. The van der Waals surface area contributed by atoms with Crippen LogP contribution >= 0.6 is 0 Å². The number of morpholine rings is 1. The highest BCUT2D eigenvalue weighted by Crippen LogP contribution is 2.36. The van der Waals surface area contributed by atoms with Crippen LogP contribution < -0.4 is 10.6 Å². The molecule has 2 fully saturated rings. The molecule has 2 aliphatic rings. The first kappa shape index (κ1) is 23.1. The zero-order valence-corrected chi connectivity index (χ0v) is 19.3. The number of nitrogens with one attached hydrogen (secondary N) is 2. The quantitative estimate of drug-likeness (QED) is 0.473. The highest BCUT2D eigenvalue weighted by Gasteiger charge is 2.34. The first-order valence-electron chi connectivity index (χ1n) is 12.0. The fraction of sp³-hybridized carbons (Fsp3) is 0.826. The van der Waals surface area contributed by atoms with Crippen molar-refractivity contribution in [3.63, 3.8) is 0 Å². The third-order valence-electron chi connectivity index (χ3n) is 6.55. The van der Waals surface area contributed by atoms with Gasteiger partial charge in [0.1, 0.15) is 5.76 Å². The summed E-state index contributed by atoms with van der Waals surface area (Å²) in [5.74, 6) is 1.86. The minimum absolute atomic E-state index is 0.326. The standard InChI is InChI=1S/C23H41N5O2/c1-4-20-19(21(5-2)30-27-20)16-25-22(24-6-3)26-17-23(10-8-7-9-11-23)18-28-12-14-29-15-13-28/h4-18H2,1-3H3,(H2,24,25,26). The maximum absolute atomic E-state index is 5.56. The number of ether oxygens (including phenoxy) is 1. The van der Waals surface area contributed by atoms with Crippen LogP contribution in [-0.2, 0) is 24.1 Å². The van der Waals surface area contributed by atoms with Crippen molar-refractivity contribution in [1.82, 2.24) is 20.7 Å². The second-order valence-electron chi connectivity index (χ2n) is 8.74. The van der Waals surface area contributed by atoms with E-state index in [1.54, 1.807) is 0 Å². The Hall–Kier alpha value is -1.60. The van der Waals surface area contributed by atoms with Gasteiger partial charge < -0.3 is 19.9 Å². The van der Waals surface area contributed by atoms with E-state index >= 15 is 0 Å². The Labute approximate surface area is 182 Å². The Bertz CT molecular complexity index is 639. The van der Waals surface area contributed by atoms with E-state index < -0.39 is 0 Å². The molecule has 2 N–H and O–H groups in total. The molecule has 1 aliphatic carbocycles. The molecule has 1 aromatic rings. The third kappa shape index (κ3) is 6.20. The molecule has 170 valence electrons. The molecule has 0 bridgehead atoms. The molecule has 0 unspecified atom stereocenters. The van der Waals surface area contributed by atoms with Crippen LogP contribution in [0.3, 0.4) is 0 Å². The molecular weight excluding hydrogens is 378 g/mol. The molecule has 0 amide bonds. The number of nitrogens with zero attached hydrogens (tertiary/aromatic N) is 3. The average molecular weight is 420 g/mol. The molecule has 30 heavy (non-hydrogen) atoms. The van der Waals surface area contributed by atoms with Gasteiger partial charge in [-0.2, -0.15) is 0 Å². The molecule has 7 heteroatoms. The monoisotopic (exact) mass is 419 g/mol. The molecule has 1 aliphatic heterocycles. The Morgan fingerprint density at radius 1 is 1.07 bits per heavy atom. The predicted molar refractivity (Wildman–Crippen MR) is 121 cm³/mol. The SMILES string of the molecule is CCNC(=NCc1c(CC)noc1CC)NCC1(CN2CCOCC2)CCCCC1. The van der Waals surface area contributed by atoms with Gasteiger partial charge in [0.05, 0.1) is 25.5 Å². The van der Waals surface area contributed by atoms with Crippen molar-refractivity contribution in [3.05, 3.63) is 17.0 Å². The number of hydrogen-bond acceptors (Lipinski definition) is 5. The minimum Gasteiger partial charge on any atom is -0.379 e. The van der Waals surface area contributed by atoms with E-state index in [2.05, 4.69) is 41.5 Å². The van der Waals surface area contributed by atoms with Crippen LogP contribution in [0, 0.1) is 5.41 Å². The number of guanidine groups is 1. The Kier molecular flexibility index (Phi) is 9.00. The van der Waals surface area contributed by atoms with Gasteiger partial charge in [-0.15, -0.1) is 0 Å². The predicted octanol–water partition coefficient (Wildman–Crippen LogP) is 3.14. The summed E-state index contributed by atoms with van der Waals surface area (Å²) in [6, 6.07) is 0. The summed E-state index contributed by atoms with van der Waals surface area (Å²) in [7, 11) is 0. The molecule has 7 nitrogen and oxygen atoms in total. The van der Waals surface area contributed by atoms with E-state index in [9.17, 15) is 0 Å². The van der Waals surface area contributed by atoms with E-state index in [4.69, 9.17) is 14.3 Å². The second kappa shape index (κ2) is 11.7. The molecule has 2 heterocycles. The van der Waals surface area contributed by atoms with Crippen molar-refractivity contribution in [2.75, 3.05) is 45.9 Å². The fourth-order valence-electron chi connectivity index (χ4n) is 4.81. The van der Waals surface area contributed by atoms with Crippen LogP contribution in [0.2, 0.25) is 0 Å². The molecule has 0 atom stereocenters. The van der Waals surface area contributed by atoms with Crippen LogP contribution in [-0.4, -0.2) is 62.0 Å². The first-order valence-corrected chi connectivity index (χ1v) is 12.0. The lowest BCUT2D eigenvalue weighted by molar-refractivity contribution is 0.00820. The van der Waals surface area contributed by atoms with E-state index in [-0.39, 0.29) is 0 Å². The normalized spacial score (nSPS) is 20.3. The molecule has 1 saturated heterocycles. The lowest BCUT2D eigenvalue weighted by atomic mass is 9.73. The second-order valence-corrected chi connectivity index (χ2v) is 8.74. The maximum Gasteiger partial charge on any atom is 0.191 e. The van der Waals surface area contributed by atoms with Crippen LogP contribution in [0.25, 0.3) is 0 Å². The first-order chi connectivity index (χ1) is 14.7. The van der Waals surface area contributed by atoms with Gasteiger partial charge in [0.15, 0.2) is 5.96 Å². The van der Waals surface area contributed by atoms with Crippen molar-refractivity contribution < 1.29 is 9.26 Å². The zero-order valence-electron chi connectivity index (χ0n) is 19.3. The Morgan fingerprint density at radius 3 is 2.50 bits per heavy atom. The molecule has 1 saturated carbocycles. The summed E-state index contributed by atoms with van der Waals surface area (Å²) >= 11 is 0.